The van der Waals surface area contributed by atoms with E-state index in [1.165, 1.54) is 0 Å². The molecule has 2 amide bonds. The molecule has 1 N–H and O–H groups in total. The van der Waals surface area contributed by atoms with Gasteiger partial charge in [-0.25, -0.2) is 0 Å². The molecule has 4 heteroatoms. The van der Waals surface area contributed by atoms with Crippen LogP contribution in [0.2, 0.25) is 0 Å². The van der Waals surface area contributed by atoms with Gasteiger partial charge in [0.1, 0.15) is 6.04 Å². The van der Waals surface area contributed by atoms with Crippen LogP contribution in [0.1, 0.15) is 41.9 Å². The van der Waals surface area contributed by atoms with Crippen LogP contribution in [0.5, 0.6) is 0 Å². The molecule has 1 saturated heterocycles. The minimum absolute atomic E-state index is 0.0386. The molecule has 0 saturated carbocycles. The van der Waals surface area contributed by atoms with E-state index in [-0.39, 0.29) is 11.8 Å². The van der Waals surface area contributed by atoms with Crippen molar-refractivity contribution in [1.29, 1.82) is 0 Å². The highest BCUT2D eigenvalue weighted by Gasteiger charge is 2.35. The van der Waals surface area contributed by atoms with Crippen molar-refractivity contribution in [1.82, 2.24) is 10.2 Å². The zero-order valence-electron chi connectivity index (χ0n) is 17.6. The van der Waals surface area contributed by atoms with Crippen molar-refractivity contribution in [3.05, 3.63) is 108 Å². The fourth-order valence-corrected chi connectivity index (χ4v) is 4.28. The van der Waals surface area contributed by atoms with Crippen LogP contribution in [0.15, 0.2) is 91.0 Å². The Balaban J connectivity index is 1.75. The standard InChI is InChI=1S/C27H28N2O2/c30-26-24(18-10-11-19-28-26)29(20-21-12-4-1-5-13-21)27(31)25(22-14-6-2-7-15-22)23-16-8-3-9-17-23/h1-9,12-17,24-25H,10-11,18-20H2,(H,28,30). The lowest BCUT2D eigenvalue weighted by molar-refractivity contribution is -0.141. The average Bonchev–Trinajstić information content (AvgIpc) is 3.04. The average molecular weight is 413 g/mol. The highest BCUT2D eigenvalue weighted by Crippen LogP contribution is 2.29. The Labute approximate surface area is 183 Å². The van der Waals surface area contributed by atoms with Crippen LogP contribution in [0.3, 0.4) is 0 Å². The molecule has 1 heterocycles. The molecule has 4 rings (SSSR count). The van der Waals surface area contributed by atoms with Gasteiger partial charge < -0.3 is 10.2 Å². The van der Waals surface area contributed by atoms with E-state index in [0.717, 1.165) is 29.5 Å². The lowest BCUT2D eigenvalue weighted by atomic mass is 9.89. The molecule has 31 heavy (non-hydrogen) atoms. The third kappa shape index (κ3) is 5.02. The van der Waals surface area contributed by atoms with E-state index in [1.54, 1.807) is 4.90 Å². The second-order valence-electron chi connectivity index (χ2n) is 8.01. The van der Waals surface area contributed by atoms with Gasteiger partial charge in [0.05, 0.1) is 5.92 Å². The number of rotatable bonds is 6. The number of hydrogen-bond acceptors (Lipinski definition) is 2. The molecule has 0 aliphatic carbocycles. The Morgan fingerprint density at radius 3 is 1.97 bits per heavy atom. The fraction of sp³-hybridized carbons (Fsp3) is 0.259. The summed E-state index contributed by atoms with van der Waals surface area (Å²) in [5.74, 6) is -0.549. The summed E-state index contributed by atoms with van der Waals surface area (Å²) in [7, 11) is 0. The van der Waals surface area contributed by atoms with Crippen LogP contribution in [0.4, 0.5) is 0 Å². The summed E-state index contributed by atoms with van der Waals surface area (Å²) in [5.41, 5.74) is 2.89. The molecule has 0 bridgehead atoms. The highest BCUT2D eigenvalue weighted by atomic mass is 16.2. The van der Waals surface area contributed by atoms with Crippen molar-refractivity contribution >= 4 is 11.8 Å². The van der Waals surface area contributed by atoms with Gasteiger partial charge in [-0.15, -0.1) is 0 Å². The van der Waals surface area contributed by atoms with Gasteiger partial charge in [0.25, 0.3) is 0 Å². The number of amides is 2. The summed E-state index contributed by atoms with van der Waals surface area (Å²) < 4.78 is 0. The second kappa shape index (κ2) is 10.1. The maximum atomic E-state index is 14.2. The quantitative estimate of drug-likeness (QED) is 0.647. The molecule has 1 aliphatic rings. The van der Waals surface area contributed by atoms with Crippen molar-refractivity contribution in [3.63, 3.8) is 0 Å². The fourth-order valence-electron chi connectivity index (χ4n) is 4.28. The molecule has 1 atom stereocenters. The normalized spacial score (nSPS) is 16.4. The third-order valence-electron chi connectivity index (χ3n) is 5.87. The topological polar surface area (TPSA) is 49.4 Å². The summed E-state index contributed by atoms with van der Waals surface area (Å²) in [6, 6.07) is 29.1. The molecule has 0 spiro atoms. The number of nitrogens with one attached hydrogen (secondary N) is 1. The molecule has 1 unspecified atom stereocenters. The molecule has 4 nitrogen and oxygen atoms in total. The summed E-state index contributed by atoms with van der Waals surface area (Å²) >= 11 is 0. The molecule has 1 aliphatic heterocycles. The maximum Gasteiger partial charge on any atom is 0.242 e. The number of hydrogen-bond donors (Lipinski definition) is 1. The van der Waals surface area contributed by atoms with Crippen LogP contribution in [0, 0.1) is 0 Å². The van der Waals surface area contributed by atoms with Gasteiger partial charge in [-0.2, -0.15) is 0 Å². The zero-order valence-corrected chi connectivity index (χ0v) is 17.6. The summed E-state index contributed by atoms with van der Waals surface area (Å²) in [6.45, 7) is 1.08. The Kier molecular flexibility index (Phi) is 6.78. The molecular formula is C27H28N2O2. The van der Waals surface area contributed by atoms with E-state index in [1.807, 2.05) is 91.0 Å². The van der Waals surface area contributed by atoms with Crippen molar-refractivity contribution in [2.24, 2.45) is 0 Å². The smallest absolute Gasteiger partial charge is 0.242 e. The van der Waals surface area contributed by atoms with Crippen LogP contribution < -0.4 is 5.32 Å². The molecule has 1 fully saturated rings. The Bertz CT molecular complexity index is 950. The van der Waals surface area contributed by atoms with Gasteiger partial charge in [-0.1, -0.05) is 91.0 Å². The molecule has 0 aromatic heterocycles. The molecule has 3 aromatic rings. The summed E-state index contributed by atoms with van der Waals surface area (Å²) in [5, 5.41) is 3.00. The van der Waals surface area contributed by atoms with Gasteiger partial charge in [-0.3, -0.25) is 9.59 Å². The Morgan fingerprint density at radius 2 is 1.39 bits per heavy atom. The SMILES string of the molecule is O=C1NCCCCC1N(Cc1ccccc1)C(=O)C(c1ccccc1)c1ccccc1. The molecule has 0 radical (unpaired) electrons. The number of carbonyl (C=O) groups excluding carboxylic acids is 2. The number of carbonyl (C=O) groups is 2. The van der Waals surface area contributed by atoms with E-state index < -0.39 is 12.0 Å². The predicted molar refractivity (Wildman–Crippen MR) is 122 cm³/mol. The minimum atomic E-state index is -0.467. The first-order chi connectivity index (χ1) is 15.2. The van der Waals surface area contributed by atoms with Gasteiger partial charge >= 0.3 is 0 Å². The van der Waals surface area contributed by atoms with Crippen molar-refractivity contribution < 1.29 is 9.59 Å². The van der Waals surface area contributed by atoms with E-state index in [9.17, 15) is 9.59 Å². The number of benzene rings is 3. The monoisotopic (exact) mass is 412 g/mol. The third-order valence-corrected chi connectivity index (χ3v) is 5.87. The van der Waals surface area contributed by atoms with E-state index in [0.29, 0.717) is 19.5 Å². The van der Waals surface area contributed by atoms with Crippen LogP contribution in [-0.4, -0.2) is 29.3 Å². The highest BCUT2D eigenvalue weighted by molar-refractivity contribution is 5.92. The van der Waals surface area contributed by atoms with E-state index in [4.69, 9.17) is 0 Å². The lowest BCUT2D eigenvalue weighted by Gasteiger charge is -2.33. The van der Waals surface area contributed by atoms with Gasteiger partial charge in [0.2, 0.25) is 11.8 Å². The van der Waals surface area contributed by atoms with E-state index in [2.05, 4.69) is 5.32 Å². The first kappa shape index (κ1) is 20.9. The second-order valence-corrected chi connectivity index (χ2v) is 8.01. The van der Waals surface area contributed by atoms with Crippen LogP contribution in [-0.2, 0) is 16.1 Å². The molecular weight excluding hydrogens is 384 g/mol. The molecule has 158 valence electrons. The number of nitrogens with zero attached hydrogens (tertiary/aromatic N) is 1. The van der Waals surface area contributed by atoms with Crippen molar-refractivity contribution in [3.8, 4) is 0 Å². The Hall–Kier alpha value is -3.40. The largest absolute Gasteiger partial charge is 0.354 e. The van der Waals surface area contributed by atoms with E-state index >= 15 is 0 Å². The van der Waals surface area contributed by atoms with Crippen LogP contribution in [0.25, 0.3) is 0 Å². The van der Waals surface area contributed by atoms with Gasteiger partial charge in [0.15, 0.2) is 0 Å². The lowest BCUT2D eigenvalue weighted by Crippen LogP contribution is -2.49. The predicted octanol–water partition coefficient (Wildman–Crippen LogP) is 4.52. The van der Waals surface area contributed by atoms with Crippen molar-refractivity contribution in [2.75, 3.05) is 6.54 Å². The zero-order chi connectivity index (χ0) is 21.5. The van der Waals surface area contributed by atoms with Gasteiger partial charge in [-0.05, 0) is 36.0 Å². The maximum absolute atomic E-state index is 14.2. The van der Waals surface area contributed by atoms with Crippen molar-refractivity contribution in [2.45, 2.75) is 37.8 Å². The minimum Gasteiger partial charge on any atom is -0.354 e. The Morgan fingerprint density at radius 1 is 0.839 bits per heavy atom. The molecule has 3 aromatic carbocycles. The van der Waals surface area contributed by atoms with Crippen LogP contribution >= 0.6 is 0 Å². The van der Waals surface area contributed by atoms with Gasteiger partial charge in [0, 0.05) is 13.1 Å². The first-order valence-electron chi connectivity index (χ1n) is 11.0. The summed E-state index contributed by atoms with van der Waals surface area (Å²) in [4.78, 5) is 28.9. The first-order valence-corrected chi connectivity index (χ1v) is 11.0. The summed E-state index contributed by atoms with van der Waals surface area (Å²) in [6.07, 6.45) is 2.54.